The fraction of sp³-hybridized carbons (Fsp3) is 0.562. The highest BCUT2D eigenvalue weighted by Gasteiger charge is 2.26. The van der Waals surface area contributed by atoms with Crippen molar-refractivity contribution >= 4 is 21.5 Å². The number of para-hydroxylation sites is 1. The second-order valence-electron chi connectivity index (χ2n) is 6.60. The van der Waals surface area contributed by atoms with Crippen molar-refractivity contribution in [2.45, 2.75) is 18.7 Å². The Hall–Kier alpha value is -1.44. The molecule has 0 aromatic heterocycles. The molecule has 0 amide bonds. The molecule has 7 heteroatoms. The number of amidine groups is 1. The van der Waals surface area contributed by atoms with Crippen LogP contribution in [0.2, 0.25) is 0 Å². The molecule has 0 spiro atoms. The van der Waals surface area contributed by atoms with Crippen molar-refractivity contribution in [3.8, 4) is 0 Å². The maximum Gasteiger partial charge on any atom is 0.286 e. The van der Waals surface area contributed by atoms with Crippen molar-refractivity contribution in [3.05, 3.63) is 24.3 Å². The first-order chi connectivity index (χ1) is 10.9. The lowest BCUT2D eigenvalue weighted by molar-refractivity contribution is 0.134. The summed E-state index contributed by atoms with van der Waals surface area (Å²) in [6.45, 7) is 10.1. The van der Waals surface area contributed by atoms with E-state index < -0.39 is 10.0 Å². The maximum absolute atomic E-state index is 12.2. The van der Waals surface area contributed by atoms with Crippen LogP contribution in [0, 0.1) is 5.92 Å². The van der Waals surface area contributed by atoms with Crippen molar-refractivity contribution in [3.63, 3.8) is 0 Å². The van der Waals surface area contributed by atoms with Gasteiger partial charge in [-0.25, -0.2) is 0 Å². The average molecular weight is 336 g/mol. The number of benzene rings is 1. The Morgan fingerprint density at radius 1 is 1.13 bits per heavy atom. The molecule has 6 nitrogen and oxygen atoms in total. The standard InChI is InChI=1S/C16H24N4O2S/c1-13(2)11-19-7-9-20(10-8-19)12-16-17-14-5-3-4-6-15(14)23(21,22)18-16/h3-6,13H,7-12H2,1-2H3,(H,17,18). The molecule has 0 unspecified atom stereocenters. The monoisotopic (exact) mass is 336 g/mol. The number of sulfonamides is 1. The van der Waals surface area contributed by atoms with Crippen molar-refractivity contribution < 1.29 is 8.42 Å². The van der Waals surface area contributed by atoms with E-state index in [0.29, 0.717) is 24.0 Å². The second-order valence-corrected chi connectivity index (χ2v) is 8.18. The molecule has 0 aliphatic carbocycles. The number of fused-ring (bicyclic) bond motifs is 1. The first kappa shape index (κ1) is 16.4. The van der Waals surface area contributed by atoms with Gasteiger partial charge in [-0.05, 0) is 18.1 Å². The van der Waals surface area contributed by atoms with E-state index in [1.807, 2.05) is 6.07 Å². The Labute approximate surface area is 138 Å². The molecule has 1 N–H and O–H groups in total. The van der Waals surface area contributed by atoms with Gasteiger partial charge >= 0.3 is 0 Å². The lowest BCUT2D eigenvalue weighted by Gasteiger charge is -2.35. The van der Waals surface area contributed by atoms with Gasteiger partial charge in [-0.3, -0.25) is 4.90 Å². The van der Waals surface area contributed by atoms with Crippen molar-refractivity contribution in [2.24, 2.45) is 10.3 Å². The van der Waals surface area contributed by atoms with Crippen molar-refractivity contribution in [1.82, 2.24) is 9.80 Å². The number of hydrogen-bond donors (Lipinski definition) is 1. The molecule has 2 aliphatic heterocycles. The third-order valence-corrected chi connectivity index (χ3v) is 5.51. The zero-order valence-corrected chi connectivity index (χ0v) is 14.5. The van der Waals surface area contributed by atoms with Crippen LogP contribution in [-0.2, 0) is 10.0 Å². The molecule has 2 heterocycles. The summed E-state index contributed by atoms with van der Waals surface area (Å²) in [7, 11) is -3.58. The summed E-state index contributed by atoms with van der Waals surface area (Å²) in [5.74, 6) is 1.19. The smallest absolute Gasteiger partial charge is 0.286 e. The van der Waals surface area contributed by atoms with Crippen LogP contribution < -0.4 is 5.32 Å². The normalized spacial score (nSPS) is 21.6. The third kappa shape index (κ3) is 3.91. The molecule has 0 bridgehead atoms. The van der Waals surface area contributed by atoms with E-state index in [2.05, 4.69) is 33.4 Å². The summed E-state index contributed by atoms with van der Waals surface area (Å²) in [6.07, 6.45) is 0. The molecule has 1 aromatic rings. The van der Waals surface area contributed by atoms with Gasteiger partial charge in [0.1, 0.15) is 10.7 Å². The fourth-order valence-electron chi connectivity index (χ4n) is 3.09. The quantitative estimate of drug-likeness (QED) is 0.902. The lowest BCUT2D eigenvalue weighted by Crippen LogP contribution is -2.49. The Kier molecular flexibility index (Phi) is 4.70. The number of nitrogens with zero attached hydrogens (tertiary/aromatic N) is 3. The van der Waals surface area contributed by atoms with Crippen LogP contribution in [0.1, 0.15) is 13.8 Å². The van der Waals surface area contributed by atoms with Crippen LogP contribution >= 0.6 is 0 Å². The van der Waals surface area contributed by atoms with Crippen molar-refractivity contribution in [2.75, 3.05) is 44.6 Å². The third-order valence-electron chi connectivity index (χ3n) is 4.14. The summed E-state index contributed by atoms with van der Waals surface area (Å²) in [4.78, 5) is 4.97. The SMILES string of the molecule is CC(C)CN1CCN(CC2=NS(=O)(=O)c3ccccc3N2)CC1. The molecule has 1 fully saturated rings. The first-order valence-corrected chi connectivity index (χ1v) is 9.52. The second kappa shape index (κ2) is 6.59. The van der Waals surface area contributed by atoms with E-state index in [0.717, 1.165) is 32.7 Å². The van der Waals surface area contributed by atoms with Gasteiger partial charge in [0.2, 0.25) is 0 Å². The Morgan fingerprint density at radius 3 is 2.48 bits per heavy atom. The summed E-state index contributed by atoms with van der Waals surface area (Å²) in [5, 5.41) is 3.16. The van der Waals surface area contributed by atoms with E-state index in [4.69, 9.17) is 0 Å². The molecule has 1 saturated heterocycles. The van der Waals surface area contributed by atoms with E-state index in [1.165, 1.54) is 0 Å². The topological polar surface area (TPSA) is 65.0 Å². The molecule has 23 heavy (non-hydrogen) atoms. The largest absolute Gasteiger partial charge is 0.341 e. The average Bonchev–Trinajstić information content (AvgIpc) is 2.48. The van der Waals surface area contributed by atoms with E-state index >= 15 is 0 Å². The number of anilines is 1. The summed E-state index contributed by atoms with van der Waals surface area (Å²) >= 11 is 0. The summed E-state index contributed by atoms with van der Waals surface area (Å²) < 4.78 is 28.4. The highest BCUT2D eigenvalue weighted by Crippen LogP contribution is 2.26. The first-order valence-electron chi connectivity index (χ1n) is 8.08. The predicted molar refractivity (Wildman–Crippen MR) is 92.4 cm³/mol. The van der Waals surface area contributed by atoms with Gasteiger partial charge in [0.25, 0.3) is 10.0 Å². The Morgan fingerprint density at radius 2 is 1.78 bits per heavy atom. The lowest BCUT2D eigenvalue weighted by atomic mass is 10.2. The summed E-state index contributed by atoms with van der Waals surface area (Å²) in [6, 6.07) is 6.91. The summed E-state index contributed by atoms with van der Waals surface area (Å²) in [5.41, 5.74) is 0.621. The molecule has 0 atom stereocenters. The van der Waals surface area contributed by atoms with E-state index in [9.17, 15) is 8.42 Å². The number of rotatable bonds is 4. The van der Waals surface area contributed by atoms with Crippen LogP contribution in [0.3, 0.4) is 0 Å². The molecule has 2 aliphatic rings. The maximum atomic E-state index is 12.2. The molecular formula is C16H24N4O2S. The molecule has 3 rings (SSSR count). The van der Waals surface area contributed by atoms with E-state index in [-0.39, 0.29) is 4.90 Å². The van der Waals surface area contributed by atoms with Gasteiger partial charge in [0.05, 0.1) is 12.2 Å². The van der Waals surface area contributed by atoms with Crippen LogP contribution in [0.4, 0.5) is 5.69 Å². The molecule has 0 saturated carbocycles. The zero-order valence-electron chi connectivity index (χ0n) is 13.7. The predicted octanol–water partition coefficient (Wildman–Crippen LogP) is 1.47. The Bertz CT molecular complexity index is 692. The van der Waals surface area contributed by atoms with Gasteiger partial charge in [-0.15, -0.1) is 4.40 Å². The zero-order chi connectivity index (χ0) is 16.4. The number of nitrogens with one attached hydrogen (secondary N) is 1. The highest BCUT2D eigenvalue weighted by molar-refractivity contribution is 7.90. The van der Waals surface area contributed by atoms with Crippen LogP contribution in [-0.4, -0.2) is 63.3 Å². The number of piperazine rings is 1. The molecule has 126 valence electrons. The molecular weight excluding hydrogens is 312 g/mol. The van der Waals surface area contributed by atoms with Crippen LogP contribution in [0.25, 0.3) is 0 Å². The Balaban J connectivity index is 1.63. The van der Waals surface area contributed by atoms with Gasteiger partial charge in [-0.1, -0.05) is 26.0 Å². The minimum Gasteiger partial charge on any atom is -0.341 e. The van der Waals surface area contributed by atoms with Gasteiger partial charge in [0.15, 0.2) is 0 Å². The number of hydrogen-bond acceptors (Lipinski definition) is 5. The van der Waals surface area contributed by atoms with Gasteiger partial charge < -0.3 is 10.2 Å². The van der Waals surface area contributed by atoms with Gasteiger partial charge in [0, 0.05) is 32.7 Å². The molecule has 0 radical (unpaired) electrons. The minimum atomic E-state index is -3.58. The van der Waals surface area contributed by atoms with Gasteiger partial charge in [-0.2, -0.15) is 8.42 Å². The van der Waals surface area contributed by atoms with E-state index in [1.54, 1.807) is 18.2 Å². The van der Waals surface area contributed by atoms with Crippen LogP contribution in [0.5, 0.6) is 0 Å². The van der Waals surface area contributed by atoms with Crippen molar-refractivity contribution in [1.29, 1.82) is 0 Å². The van der Waals surface area contributed by atoms with Crippen LogP contribution in [0.15, 0.2) is 33.6 Å². The fourth-order valence-corrected chi connectivity index (χ4v) is 4.23. The highest BCUT2D eigenvalue weighted by atomic mass is 32.2. The molecule has 1 aromatic carbocycles. The minimum absolute atomic E-state index is 0.255.